The van der Waals surface area contributed by atoms with E-state index in [1.807, 2.05) is 13.2 Å². The predicted molar refractivity (Wildman–Crippen MR) is 85.1 cm³/mol. The summed E-state index contributed by atoms with van der Waals surface area (Å²) in [6.07, 6.45) is 7.07. The van der Waals surface area contributed by atoms with E-state index in [1.54, 1.807) is 11.0 Å². The first-order chi connectivity index (χ1) is 9.76. The molecule has 21 heavy (non-hydrogen) atoms. The van der Waals surface area contributed by atoms with Gasteiger partial charge in [0.15, 0.2) is 5.65 Å². The Morgan fingerprint density at radius 3 is 2.48 bits per heavy atom. The van der Waals surface area contributed by atoms with Crippen LogP contribution >= 0.6 is 0 Å². The van der Waals surface area contributed by atoms with E-state index in [0.717, 1.165) is 16.9 Å². The van der Waals surface area contributed by atoms with E-state index < -0.39 is 0 Å². The molecule has 0 saturated heterocycles. The largest absolute Gasteiger partial charge is 0.367 e. The van der Waals surface area contributed by atoms with Gasteiger partial charge in [-0.2, -0.15) is 5.10 Å². The average Bonchev–Trinajstić information content (AvgIpc) is 2.68. The Hall–Kier alpha value is -1.65. The second kappa shape index (κ2) is 4.68. The van der Waals surface area contributed by atoms with Gasteiger partial charge in [-0.25, -0.2) is 9.97 Å². The fourth-order valence-corrected chi connectivity index (χ4v) is 4.22. The quantitative estimate of drug-likeness (QED) is 0.920. The topological polar surface area (TPSA) is 55.6 Å². The third-order valence-corrected chi connectivity index (χ3v) is 4.43. The summed E-state index contributed by atoms with van der Waals surface area (Å²) < 4.78 is 1.79. The van der Waals surface area contributed by atoms with Crippen molar-refractivity contribution >= 4 is 16.9 Å². The maximum absolute atomic E-state index is 4.43. The van der Waals surface area contributed by atoms with Crippen molar-refractivity contribution in [3.05, 3.63) is 12.5 Å². The Balaban J connectivity index is 1.88. The van der Waals surface area contributed by atoms with E-state index in [1.165, 1.54) is 19.3 Å². The standard InChI is InChI=1S/C16H25N5/c1-15(2)6-11(7-16(3,4)9-15)20-13-12-8-19-21(5)14(12)18-10-17-13/h8,10-11H,6-7,9H2,1-5H3,(H,17,18,20). The molecule has 1 aliphatic rings. The van der Waals surface area contributed by atoms with Crippen molar-refractivity contribution in [2.45, 2.75) is 53.0 Å². The van der Waals surface area contributed by atoms with E-state index in [4.69, 9.17) is 0 Å². The molecule has 3 rings (SSSR count). The van der Waals surface area contributed by atoms with Gasteiger partial charge in [0.1, 0.15) is 12.1 Å². The van der Waals surface area contributed by atoms with E-state index >= 15 is 0 Å². The van der Waals surface area contributed by atoms with Gasteiger partial charge in [-0.3, -0.25) is 4.68 Å². The third kappa shape index (κ3) is 2.87. The molecule has 0 bridgehead atoms. The van der Waals surface area contributed by atoms with Gasteiger partial charge in [-0.15, -0.1) is 0 Å². The van der Waals surface area contributed by atoms with E-state index in [9.17, 15) is 0 Å². The molecular weight excluding hydrogens is 262 g/mol. The van der Waals surface area contributed by atoms with Crippen molar-refractivity contribution in [1.29, 1.82) is 0 Å². The number of hydrogen-bond donors (Lipinski definition) is 1. The van der Waals surface area contributed by atoms with Crippen molar-refractivity contribution in [2.24, 2.45) is 17.9 Å². The number of fused-ring (bicyclic) bond motifs is 1. The highest BCUT2D eigenvalue weighted by Gasteiger charge is 2.38. The lowest BCUT2D eigenvalue weighted by molar-refractivity contribution is 0.105. The first kappa shape index (κ1) is 14.3. The number of rotatable bonds is 2. The summed E-state index contributed by atoms with van der Waals surface area (Å²) in [5, 5.41) is 8.93. The Labute approximate surface area is 126 Å². The van der Waals surface area contributed by atoms with Crippen LogP contribution in [0, 0.1) is 10.8 Å². The minimum absolute atomic E-state index is 0.362. The molecule has 2 heterocycles. The van der Waals surface area contributed by atoms with E-state index in [0.29, 0.717) is 16.9 Å². The molecule has 1 aliphatic carbocycles. The molecule has 0 aromatic carbocycles. The molecule has 5 heteroatoms. The van der Waals surface area contributed by atoms with Crippen LogP contribution < -0.4 is 5.32 Å². The molecule has 0 aliphatic heterocycles. The lowest BCUT2D eigenvalue weighted by Crippen LogP contribution is -2.40. The summed E-state index contributed by atoms with van der Waals surface area (Å²) in [6, 6.07) is 0.446. The molecule has 114 valence electrons. The summed E-state index contributed by atoms with van der Waals surface area (Å²) in [6.45, 7) is 9.45. The zero-order valence-corrected chi connectivity index (χ0v) is 13.6. The fraction of sp³-hybridized carbons (Fsp3) is 0.688. The molecule has 1 saturated carbocycles. The molecule has 2 aromatic rings. The zero-order valence-electron chi connectivity index (χ0n) is 13.6. The Kier molecular flexibility index (Phi) is 3.19. The number of aryl methyl sites for hydroxylation is 1. The number of anilines is 1. The molecule has 5 nitrogen and oxygen atoms in total. The highest BCUT2D eigenvalue weighted by molar-refractivity contribution is 5.86. The van der Waals surface area contributed by atoms with Crippen molar-refractivity contribution in [2.75, 3.05) is 5.32 Å². The zero-order chi connectivity index (χ0) is 15.3. The van der Waals surface area contributed by atoms with Gasteiger partial charge >= 0.3 is 0 Å². The third-order valence-electron chi connectivity index (χ3n) is 4.43. The minimum atomic E-state index is 0.362. The van der Waals surface area contributed by atoms with Crippen LogP contribution in [0.3, 0.4) is 0 Å². The highest BCUT2D eigenvalue weighted by atomic mass is 15.3. The van der Waals surface area contributed by atoms with Gasteiger partial charge in [0.05, 0.1) is 11.6 Å². The molecule has 0 radical (unpaired) electrons. The Bertz CT molecular complexity index is 640. The minimum Gasteiger partial charge on any atom is -0.367 e. The van der Waals surface area contributed by atoms with Crippen LogP contribution in [0.2, 0.25) is 0 Å². The van der Waals surface area contributed by atoms with Gasteiger partial charge in [0, 0.05) is 13.1 Å². The smallest absolute Gasteiger partial charge is 0.163 e. The summed E-state index contributed by atoms with van der Waals surface area (Å²) in [5.41, 5.74) is 1.60. The molecule has 0 spiro atoms. The van der Waals surface area contributed by atoms with E-state index in [-0.39, 0.29) is 0 Å². The Morgan fingerprint density at radius 2 is 1.81 bits per heavy atom. The summed E-state index contributed by atoms with van der Waals surface area (Å²) in [7, 11) is 1.91. The molecule has 1 fully saturated rings. The molecule has 0 atom stereocenters. The van der Waals surface area contributed by atoms with Crippen molar-refractivity contribution in [3.63, 3.8) is 0 Å². The second-order valence-electron chi connectivity index (χ2n) is 7.98. The summed E-state index contributed by atoms with van der Waals surface area (Å²) in [5.74, 6) is 0.909. The summed E-state index contributed by atoms with van der Waals surface area (Å²) >= 11 is 0. The number of nitrogens with one attached hydrogen (secondary N) is 1. The number of nitrogens with zero attached hydrogens (tertiary/aromatic N) is 4. The van der Waals surface area contributed by atoms with Crippen LogP contribution in [-0.4, -0.2) is 25.8 Å². The van der Waals surface area contributed by atoms with Gasteiger partial charge in [0.25, 0.3) is 0 Å². The van der Waals surface area contributed by atoms with Gasteiger partial charge in [0.2, 0.25) is 0 Å². The summed E-state index contributed by atoms with van der Waals surface area (Å²) in [4.78, 5) is 8.74. The molecule has 0 amide bonds. The SMILES string of the molecule is Cn1ncc2c(NC3CC(C)(C)CC(C)(C)C3)ncnc21. The second-order valence-corrected chi connectivity index (χ2v) is 7.98. The maximum atomic E-state index is 4.43. The molecule has 0 unspecified atom stereocenters. The van der Waals surface area contributed by atoms with Crippen LogP contribution in [0.25, 0.3) is 11.0 Å². The monoisotopic (exact) mass is 287 g/mol. The van der Waals surface area contributed by atoms with Crippen LogP contribution in [0.4, 0.5) is 5.82 Å². The lowest BCUT2D eigenvalue weighted by atomic mass is 9.63. The number of hydrogen-bond acceptors (Lipinski definition) is 4. The lowest BCUT2D eigenvalue weighted by Gasteiger charge is -2.45. The normalized spacial score (nSPS) is 21.6. The average molecular weight is 287 g/mol. The van der Waals surface area contributed by atoms with Gasteiger partial charge in [-0.1, -0.05) is 27.7 Å². The van der Waals surface area contributed by atoms with Crippen LogP contribution in [0.15, 0.2) is 12.5 Å². The highest BCUT2D eigenvalue weighted by Crippen LogP contribution is 2.46. The van der Waals surface area contributed by atoms with Crippen molar-refractivity contribution in [1.82, 2.24) is 19.7 Å². The van der Waals surface area contributed by atoms with Crippen LogP contribution in [0.5, 0.6) is 0 Å². The maximum Gasteiger partial charge on any atom is 0.163 e. The van der Waals surface area contributed by atoms with Crippen molar-refractivity contribution < 1.29 is 0 Å². The van der Waals surface area contributed by atoms with E-state index in [2.05, 4.69) is 48.1 Å². The van der Waals surface area contributed by atoms with Gasteiger partial charge < -0.3 is 5.32 Å². The first-order valence-electron chi connectivity index (χ1n) is 7.65. The molecule has 2 aromatic heterocycles. The van der Waals surface area contributed by atoms with Crippen LogP contribution in [0.1, 0.15) is 47.0 Å². The van der Waals surface area contributed by atoms with Gasteiger partial charge in [-0.05, 0) is 30.1 Å². The Morgan fingerprint density at radius 1 is 1.14 bits per heavy atom. The predicted octanol–water partition coefficient (Wildman–Crippen LogP) is 3.38. The molecular formula is C16H25N5. The van der Waals surface area contributed by atoms with Crippen molar-refractivity contribution in [3.8, 4) is 0 Å². The first-order valence-corrected chi connectivity index (χ1v) is 7.65. The number of aromatic nitrogens is 4. The van der Waals surface area contributed by atoms with Crippen LogP contribution in [-0.2, 0) is 7.05 Å². The molecule has 1 N–H and O–H groups in total. The fourth-order valence-electron chi connectivity index (χ4n) is 4.22.